The van der Waals surface area contributed by atoms with E-state index in [1.807, 2.05) is 0 Å². The summed E-state index contributed by atoms with van der Waals surface area (Å²) in [5.41, 5.74) is 0. The fraction of sp³-hybridized carbons (Fsp3) is 1.00. The molecule has 0 fully saturated rings. The fourth-order valence-electron chi connectivity index (χ4n) is 5.06. The van der Waals surface area contributed by atoms with Gasteiger partial charge in [-0.3, -0.25) is 0 Å². The quantitative estimate of drug-likeness (QED) is 0.125. The molecule has 0 amide bonds. The third-order valence-corrected chi connectivity index (χ3v) is 12.6. The summed E-state index contributed by atoms with van der Waals surface area (Å²) in [5, 5.41) is 0. The van der Waals surface area contributed by atoms with Crippen LogP contribution in [0.2, 0.25) is 0 Å². The van der Waals surface area contributed by atoms with Crippen molar-refractivity contribution in [1.82, 2.24) is 0 Å². The van der Waals surface area contributed by atoms with Crippen LogP contribution in [0, 0.1) is 0 Å². The van der Waals surface area contributed by atoms with Crippen LogP contribution in [0.4, 0.5) is 0 Å². The molecule has 0 heterocycles. The van der Waals surface area contributed by atoms with Crippen molar-refractivity contribution in [3.8, 4) is 0 Å². The molecule has 166 valence electrons. The summed E-state index contributed by atoms with van der Waals surface area (Å²) >= 11 is 0. The predicted octanol–water partition coefficient (Wildman–Crippen LogP) is 9.84. The summed E-state index contributed by atoms with van der Waals surface area (Å²) < 4.78 is 0. The first-order chi connectivity index (χ1) is 13.2. The summed E-state index contributed by atoms with van der Waals surface area (Å²) in [6.07, 6.45) is 33.1. The van der Waals surface area contributed by atoms with Crippen molar-refractivity contribution in [1.29, 1.82) is 0 Å². The van der Waals surface area contributed by atoms with Gasteiger partial charge in [-0.15, -0.1) is 0 Å². The Labute approximate surface area is 175 Å². The third-order valence-electron chi connectivity index (χ3n) is 6.68. The third kappa shape index (κ3) is 17.0. The summed E-state index contributed by atoms with van der Waals surface area (Å²) in [7, 11) is -0.919. The average Bonchev–Trinajstić information content (AvgIpc) is 2.67. The van der Waals surface area contributed by atoms with Gasteiger partial charge in [0.15, 0.2) is 0 Å². The Morgan fingerprint density at radius 1 is 0.296 bits per heavy atom. The standard InChI is InChI=1S/C26H57P/c1-5-9-11-12-13-14-15-16-17-18-19-20-21-22-26-27(23-7-3,24-8-4)25-10-6-2/h27H,5-26H2,1-4H3. The molecule has 0 aromatic rings. The molecule has 0 aliphatic carbocycles. The van der Waals surface area contributed by atoms with E-state index in [0.29, 0.717) is 0 Å². The van der Waals surface area contributed by atoms with Crippen LogP contribution in [-0.4, -0.2) is 24.6 Å². The van der Waals surface area contributed by atoms with Gasteiger partial charge in [-0.05, 0) is 0 Å². The van der Waals surface area contributed by atoms with E-state index in [0.717, 1.165) is 0 Å². The van der Waals surface area contributed by atoms with Crippen molar-refractivity contribution in [3.63, 3.8) is 0 Å². The molecule has 0 aromatic carbocycles. The van der Waals surface area contributed by atoms with E-state index < -0.39 is 7.26 Å². The number of unbranched alkanes of at least 4 members (excludes halogenated alkanes) is 14. The number of hydrogen-bond acceptors (Lipinski definition) is 0. The van der Waals surface area contributed by atoms with Crippen molar-refractivity contribution < 1.29 is 0 Å². The Morgan fingerprint density at radius 2 is 0.630 bits per heavy atom. The zero-order chi connectivity index (χ0) is 20.1. The van der Waals surface area contributed by atoms with Crippen molar-refractivity contribution in [2.24, 2.45) is 0 Å². The van der Waals surface area contributed by atoms with Gasteiger partial charge >= 0.3 is 149 Å². The minimum atomic E-state index is -0.919. The van der Waals surface area contributed by atoms with Crippen LogP contribution in [0.1, 0.15) is 143 Å². The van der Waals surface area contributed by atoms with E-state index in [2.05, 4.69) is 27.7 Å². The second kappa shape index (κ2) is 21.1. The van der Waals surface area contributed by atoms with Crippen LogP contribution >= 0.6 is 7.26 Å². The summed E-state index contributed by atoms with van der Waals surface area (Å²) in [5.74, 6) is 0. The van der Waals surface area contributed by atoms with Gasteiger partial charge in [0, 0.05) is 0 Å². The van der Waals surface area contributed by atoms with Gasteiger partial charge in [0.05, 0.1) is 0 Å². The predicted molar refractivity (Wildman–Crippen MR) is 134 cm³/mol. The molecule has 0 rings (SSSR count). The molecule has 0 radical (unpaired) electrons. The van der Waals surface area contributed by atoms with Crippen LogP contribution in [0.3, 0.4) is 0 Å². The van der Waals surface area contributed by atoms with Gasteiger partial charge in [-0.2, -0.15) is 0 Å². The molecule has 0 bridgehead atoms. The van der Waals surface area contributed by atoms with Gasteiger partial charge in [-0.1, -0.05) is 26.2 Å². The van der Waals surface area contributed by atoms with E-state index in [-0.39, 0.29) is 0 Å². The molecular formula is C26H57P. The van der Waals surface area contributed by atoms with Crippen molar-refractivity contribution >= 4 is 7.26 Å². The minimum absolute atomic E-state index is 0.919. The molecule has 0 aliphatic heterocycles. The monoisotopic (exact) mass is 400 g/mol. The normalized spacial score (nSPS) is 12.6. The Kier molecular flexibility index (Phi) is 21.5. The van der Waals surface area contributed by atoms with Crippen LogP contribution in [-0.2, 0) is 0 Å². The molecule has 0 aliphatic rings. The maximum absolute atomic E-state index is 2.43. The molecule has 0 N–H and O–H groups in total. The molecule has 0 atom stereocenters. The first kappa shape index (κ1) is 27.4. The van der Waals surface area contributed by atoms with Gasteiger partial charge in [0.2, 0.25) is 0 Å². The van der Waals surface area contributed by atoms with Crippen molar-refractivity contribution in [2.75, 3.05) is 24.6 Å². The van der Waals surface area contributed by atoms with E-state index in [1.165, 1.54) is 109 Å². The summed E-state index contributed by atoms with van der Waals surface area (Å²) in [4.78, 5) is 0. The SMILES string of the molecule is CCCCCCCCCCCCCCCC[PH](CCC)(CCC)CCCC. The molecule has 0 spiro atoms. The van der Waals surface area contributed by atoms with E-state index in [1.54, 1.807) is 31.1 Å². The Bertz CT molecular complexity index is 267. The van der Waals surface area contributed by atoms with E-state index in [4.69, 9.17) is 0 Å². The first-order valence-corrected chi connectivity index (χ1v) is 16.1. The van der Waals surface area contributed by atoms with Crippen molar-refractivity contribution in [3.05, 3.63) is 0 Å². The second-order valence-electron chi connectivity index (χ2n) is 9.45. The zero-order valence-electron chi connectivity index (χ0n) is 20.1. The van der Waals surface area contributed by atoms with Gasteiger partial charge < -0.3 is 0 Å². The number of hydrogen-bond donors (Lipinski definition) is 0. The topological polar surface area (TPSA) is 0 Å². The van der Waals surface area contributed by atoms with Crippen LogP contribution in [0.15, 0.2) is 0 Å². The molecule has 0 saturated carbocycles. The molecule has 27 heavy (non-hydrogen) atoms. The Hall–Kier alpha value is 0.430. The molecule has 0 saturated heterocycles. The number of rotatable bonds is 22. The average molecular weight is 401 g/mol. The van der Waals surface area contributed by atoms with Gasteiger partial charge in [0.25, 0.3) is 0 Å². The molecule has 0 unspecified atom stereocenters. The summed E-state index contributed by atoms with van der Waals surface area (Å²) in [6, 6.07) is 0. The van der Waals surface area contributed by atoms with Crippen LogP contribution < -0.4 is 0 Å². The maximum atomic E-state index is 2.43. The Balaban J connectivity index is 3.61. The molecule has 1 heteroatoms. The van der Waals surface area contributed by atoms with Crippen LogP contribution in [0.5, 0.6) is 0 Å². The van der Waals surface area contributed by atoms with Crippen molar-refractivity contribution in [2.45, 2.75) is 143 Å². The second-order valence-corrected chi connectivity index (χ2v) is 14.4. The first-order valence-electron chi connectivity index (χ1n) is 13.2. The molecule has 0 aromatic heterocycles. The Morgan fingerprint density at radius 3 is 1.00 bits per heavy atom. The van der Waals surface area contributed by atoms with Gasteiger partial charge in [-0.25, -0.2) is 0 Å². The van der Waals surface area contributed by atoms with E-state index in [9.17, 15) is 0 Å². The zero-order valence-corrected chi connectivity index (χ0v) is 21.1. The van der Waals surface area contributed by atoms with E-state index >= 15 is 0 Å². The fourth-order valence-corrected chi connectivity index (χ4v) is 10.8. The molecule has 0 nitrogen and oxygen atoms in total. The van der Waals surface area contributed by atoms with Crippen LogP contribution in [0.25, 0.3) is 0 Å². The summed E-state index contributed by atoms with van der Waals surface area (Å²) in [6.45, 7) is 9.54. The van der Waals surface area contributed by atoms with Gasteiger partial charge in [0.1, 0.15) is 0 Å². The molecular weight excluding hydrogens is 343 g/mol.